The summed E-state index contributed by atoms with van der Waals surface area (Å²) in [6, 6.07) is 7.61. The van der Waals surface area contributed by atoms with Gasteiger partial charge in [-0.2, -0.15) is 0 Å². The number of rotatable bonds is 4. The minimum atomic E-state index is -0.349. The van der Waals surface area contributed by atoms with E-state index in [1.807, 2.05) is 31.2 Å². The van der Waals surface area contributed by atoms with Gasteiger partial charge in [0.15, 0.2) is 0 Å². The van der Waals surface area contributed by atoms with Crippen LogP contribution in [0.3, 0.4) is 0 Å². The molecular formula is C16H17NO3. The topological polar surface area (TPSA) is 48.4 Å². The monoisotopic (exact) mass is 271 g/mol. The van der Waals surface area contributed by atoms with Gasteiger partial charge >= 0.3 is 5.97 Å². The van der Waals surface area contributed by atoms with Gasteiger partial charge in [0.05, 0.1) is 19.2 Å². The van der Waals surface area contributed by atoms with E-state index in [2.05, 4.69) is 4.98 Å². The molecule has 0 saturated carbocycles. The Hall–Kier alpha value is -2.36. The molecule has 0 saturated heterocycles. The molecule has 0 unspecified atom stereocenters. The molecule has 20 heavy (non-hydrogen) atoms. The zero-order chi connectivity index (χ0) is 14.5. The number of fused-ring (bicyclic) bond motifs is 1. The first-order valence-corrected chi connectivity index (χ1v) is 6.44. The third-order valence-electron chi connectivity index (χ3n) is 2.86. The fraction of sp³-hybridized carbons (Fsp3) is 0.250. The summed E-state index contributed by atoms with van der Waals surface area (Å²) < 4.78 is 10.1. The normalized spacial score (nSPS) is 10.9. The number of methoxy groups -OCH3 is 1. The maximum atomic E-state index is 11.4. The Morgan fingerprint density at radius 2 is 2.15 bits per heavy atom. The molecule has 0 spiro atoms. The molecule has 0 aliphatic carbocycles. The third-order valence-corrected chi connectivity index (χ3v) is 2.86. The number of hydrogen-bond acceptors (Lipinski definition) is 4. The van der Waals surface area contributed by atoms with Gasteiger partial charge in [0.2, 0.25) is 0 Å². The van der Waals surface area contributed by atoms with Crippen LogP contribution in [0.25, 0.3) is 17.0 Å². The number of aromatic nitrogens is 1. The van der Waals surface area contributed by atoms with Crippen LogP contribution in [-0.2, 0) is 9.53 Å². The lowest BCUT2D eigenvalue weighted by Gasteiger charge is -2.06. The highest BCUT2D eigenvalue weighted by Crippen LogP contribution is 2.24. The molecule has 0 fully saturated rings. The van der Waals surface area contributed by atoms with Crippen LogP contribution in [0.5, 0.6) is 5.75 Å². The molecule has 4 heteroatoms. The molecule has 0 aliphatic heterocycles. The molecular weight excluding hydrogens is 254 g/mol. The van der Waals surface area contributed by atoms with E-state index in [1.165, 1.54) is 6.08 Å². The summed E-state index contributed by atoms with van der Waals surface area (Å²) in [7, 11) is 1.62. The Bertz CT molecular complexity index is 662. The molecule has 0 radical (unpaired) electrons. The zero-order valence-corrected chi connectivity index (χ0v) is 11.8. The molecule has 1 heterocycles. The van der Waals surface area contributed by atoms with Gasteiger partial charge in [-0.05, 0) is 49.8 Å². The Morgan fingerprint density at radius 1 is 1.35 bits per heavy atom. The number of carbonyl (C=O) groups excluding carboxylic acids is 1. The molecule has 0 atom stereocenters. The van der Waals surface area contributed by atoms with Gasteiger partial charge in [0, 0.05) is 17.2 Å². The van der Waals surface area contributed by atoms with E-state index in [9.17, 15) is 4.79 Å². The van der Waals surface area contributed by atoms with Crippen molar-refractivity contribution in [3.8, 4) is 5.75 Å². The minimum absolute atomic E-state index is 0.349. The highest BCUT2D eigenvalue weighted by atomic mass is 16.5. The van der Waals surface area contributed by atoms with Crippen LogP contribution >= 0.6 is 0 Å². The number of nitrogens with zero attached hydrogens (tertiary/aromatic N) is 1. The van der Waals surface area contributed by atoms with Crippen LogP contribution in [0.2, 0.25) is 0 Å². The number of pyridine rings is 1. The van der Waals surface area contributed by atoms with E-state index in [-0.39, 0.29) is 5.97 Å². The molecule has 2 aromatic rings. The lowest BCUT2D eigenvalue weighted by molar-refractivity contribution is -0.137. The van der Waals surface area contributed by atoms with Crippen molar-refractivity contribution in [2.45, 2.75) is 13.8 Å². The largest absolute Gasteiger partial charge is 0.497 e. The summed E-state index contributed by atoms with van der Waals surface area (Å²) in [5.41, 5.74) is 2.68. The van der Waals surface area contributed by atoms with Crippen molar-refractivity contribution in [3.63, 3.8) is 0 Å². The van der Waals surface area contributed by atoms with Gasteiger partial charge in [-0.25, -0.2) is 4.79 Å². The van der Waals surface area contributed by atoms with Gasteiger partial charge in [-0.3, -0.25) is 4.98 Å². The van der Waals surface area contributed by atoms with Crippen LogP contribution in [0.4, 0.5) is 0 Å². The number of benzene rings is 1. The fourth-order valence-electron chi connectivity index (χ4n) is 1.98. The van der Waals surface area contributed by atoms with Gasteiger partial charge in [0.25, 0.3) is 0 Å². The second-order valence-corrected chi connectivity index (χ2v) is 4.32. The lowest BCUT2D eigenvalue weighted by atomic mass is 10.1. The van der Waals surface area contributed by atoms with Crippen molar-refractivity contribution in [1.29, 1.82) is 0 Å². The summed E-state index contributed by atoms with van der Waals surface area (Å²) in [5.74, 6) is 0.409. The fourth-order valence-corrected chi connectivity index (χ4v) is 1.98. The van der Waals surface area contributed by atoms with Crippen molar-refractivity contribution < 1.29 is 14.3 Å². The van der Waals surface area contributed by atoms with E-state index >= 15 is 0 Å². The van der Waals surface area contributed by atoms with E-state index in [0.29, 0.717) is 6.61 Å². The van der Waals surface area contributed by atoms with Crippen LogP contribution in [0.15, 0.2) is 30.3 Å². The van der Waals surface area contributed by atoms with Crippen molar-refractivity contribution >= 4 is 22.9 Å². The Balaban J connectivity index is 2.47. The summed E-state index contributed by atoms with van der Waals surface area (Å²) in [6.07, 6.45) is 3.17. The molecule has 2 rings (SSSR count). The molecule has 0 bridgehead atoms. The van der Waals surface area contributed by atoms with Crippen LogP contribution in [-0.4, -0.2) is 24.7 Å². The van der Waals surface area contributed by atoms with E-state index in [1.54, 1.807) is 20.1 Å². The quantitative estimate of drug-likeness (QED) is 0.633. The average molecular weight is 271 g/mol. The summed E-state index contributed by atoms with van der Waals surface area (Å²) in [6.45, 7) is 4.07. The molecule has 1 aromatic heterocycles. The third kappa shape index (κ3) is 3.15. The predicted molar refractivity (Wildman–Crippen MR) is 78.7 cm³/mol. The van der Waals surface area contributed by atoms with Crippen molar-refractivity contribution in [3.05, 3.63) is 41.6 Å². The SMILES string of the molecule is CCOC(=O)/C=C/c1cc(C)nc2ccc(OC)cc12. The standard InChI is InChI=1S/C16H17NO3/c1-4-20-16(18)8-5-12-9-11(2)17-15-7-6-13(19-3)10-14(12)15/h5-10H,4H2,1-3H3/b8-5+. The average Bonchev–Trinajstić information content (AvgIpc) is 2.44. The Labute approximate surface area is 118 Å². The number of ether oxygens (including phenoxy) is 2. The Kier molecular flexibility index (Phi) is 4.35. The van der Waals surface area contributed by atoms with Crippen molar-refractivity contribution in [2.24, 2.45) is 0 Å². The van der Waals surface area contributed by atoms with Crippen LogP contribution < -0.4 is 4.74 Å². The molecule has 104 valence electrons. The number of aryl methyl sites for hydroxylation is 1. The minimum Gasteiger partial charge on any atom is -0.497 e. The zero-order valence-electron chi connectivity index (χ0n) is 11.8. The summed E-state index contributed by atoms with van der Waals surface area (Å²) >= 11 is 0. The first kappa shape index (κ1) is 14.1. The molecule has 1 aromatic carbocycles. The second kappa shape index (κ2) is 6.19. The molecule has 4 nitrogen and oxygen atoms in total. The van der Waals surface area contributed by atoms with Crippen LogP contribution in [0, 0.1) is 6.92 Å². The van der Waals surface area contributed by atoms with E-state index in [0.717, 1.165) is 27.9 Å². The number of hydrogen-bond donors (Lipinski definition) is 0. The van der Waals surface area contributed by atoms with Crippen molar-refractivity contribution in [1.82, 2.24) is 4.98 Å². The number of esters is 1. The lowest BCUT2D eigenvalue weighted by Crippen LogP contribution is -1.98. The smallest absolute Gasteiger partial charge is 0.330 e. The maximum Gasteiger partial charge on any atom is 0.330 e. The highest BCUT2D eigenvalue weighted by molar-refractivity contribution is 5.94. The highest BCUT2D eigenvalue weighted by Gasteiger charge is 2.04. The van der Waals surface area contributed by atoms with Gasteiger partial charge in [0.1, 0.15) is 5.75 Å². The molecule has 0 aliphatic rings. The molecule has 0 amide bonds. The van der Waals surface area contributed by atoms with E-state index in [4.69, 9.17) is 9.47 Å². The van der Waals surface area contributed by atoms with Gasteiger partial charge < -0.3 is 9.47 Å². The van der Waals surface area contributed by atoms with E-state index < -0.39 is 0 Å². The second-order valence-electron chi connectivity index (χ2n) is 4.32. The maximum absolute atomic E-state index is 11.4. The van der Waals surface area contributed by atoms with Crippen molar-refractivity contribution in [2.75, 3.05) is 13.7 Å². The molecule has 0 N–H and O–H groups in total. The van der Waals surface area contributed by atoms with Gasteiger partial charge in [-0.15, -0.1) is 0 Å². The Morgan fingerprint density at radius 3 is 2.85 bits per heavy atom. The number of carbonyl (C=O) groups is 1. The first-order chi connectivity index (χ1) is 9.63. The van der Waals surface area contributed by atoms with Crippen LogP contribution in [0.1, 0.15) is 18.2 Å². The first-order valence-electron chi connectivity index (χ1n) is 6.44. The summed E-state index contributed by atoms with van der Waals surface area (Å²) in [4.78, 5) is 15.9. The summed E-state index contributed by atoms with van der Waals surface area (Å²) in [5, 5.41) is 0.940. The predicted octanol–water partition coefficient (Wildman–Crippen LogP) is 3.13. The van der Waals surface area contributed by atoms with Gasteiger partial charge in [-0.1, -0.05) is 0 Å².